The number of alkyl halides is 2. The van der Waals surface area contributed by atoms with Crippen LogP contribution in [0, 0.1) is 17.8 Å². The molecule has 7 rings (SSSR count). The molecule has 2 saturated heterocycles. The maximum absolute atomic E-state index is 14.0. The first-order valence-corrected chi connectivity index (χ1v) is 13.0. The van der Waals surface area contributed by atoms with Crippen molar-refractivity contribution in [1.82, 2.24) is 29.6 Å². The van der Waals surface area contributed by atoms with Gasteiger partial charge in [-0.1, -0.05) is 13.8 Å². The van der Waals surface area contributed by atoms with E-state index in [1.807, 2.05) is 42.6 Å². The molecule has 1 atom stereocenters. The fraction of sp³-hybridized carbons (Fsp3) is 0.615. The van der Waals surface area contributed by atoms with Crippen LogP contribution in [0.25, 0.3) is 10.9 Å². The van der Waals surface area contributed by atoms with Gasteiger partial charge in [0.25, 0.3) is 5.92 Å². The normalized spacial score (nSPS) is 26.0. The van der Waals surface area contributed by atoms with Gasteiger partial charge in [-0.25, -0.2) is 23.7 Å². The van der Waals surface area contributed by atoms with Crippen LogP contribution in [0.2, 0.25) is 0 Å². The summed E-state index contributed by atoms with van der Waals surface area (Å²) in [7, 11) is 2.17. The quantitative estimate of drug-likeness (QED) is 0.556. The molecule has 3 aromatic rings. The predicted molar refractivity (Wildman–Crippen MR) is 136 cm³/mol. The van der Waals surface area contributed by atoms with E-state index in [1.165, 1.54) is 25.9 Å². The highest BCUT2D eigenvalue weighted by molar-refractivity contribution is 5.89. The fourth-order valence-corrected chi connectivity index (χ4v) is 6.53. The first-order valence-electron chi connectivity index (χ1n) is 13.0. The lowest BCUT2D eigenvalue weighted by Gasteiger charge is -2.58. The smallest absolute Gasteiger partial charge is 0.256 e. The maximum Gasteiger partial charge on any atom is 0.256 e. The van der Waals surface area contributed by atoms with E-state index < -0.39 is 11.3 Å². The molecule has 1 unspecified atom stereocenters. The average Bonchev–Trinajstić information content (AvgIpc) is 3.18. The number of aryl methyl sites for hydroxylation is 1. The van der Waals surface area contributed by atoms with E-state index in [-0.39, 0.29) is 6.42 Å². The average molecular weight is 497 g/mol. The minimum Gasteiger partial charge on any atom is -0.354 e. The van der Waals surface area contributed by atoms with Gasteiger partial charge in [-0.2, -0.15) is 5.10 Å². The van der Waals surface area contributed by atoms with E-state index in [4.69, 9.17) is 9.97 Å². The Kier molecular flexibility index (Phi) is 5.27. The van der Waals surface area contributed by atoms with Gasteiger partial charge in [-0.05, 0) is 44.7 Å². The predicted octanol–water partition coefficient (Wildman–Crippen LogP) is 4.80. The van der Waals surface area contributed by atoms with Crippen molar-refractivity contribution in [2.45, 2.75) is 58.4 Å². The molecular formula is C26H34F2N8. The molecule has 36 heavy (non-hydrogen) atoms. The number of aromatic nitrogens is 5. The standard InChI is InChI=1S/C24H28F2N8.C2H6/c1-15-5-16-8-27-21(30-17-9-28-34(10-17)18-6-22(7-18)12-32(2)13-22)31-19(16)20(29-15)33-4-3-23(14-33)11-24(23,25)26;1-2/h5,8-10,18H,3-4,6-7,11-14H2,1-2H3,(H,27,30,31);1-2H3. The molecule has 0 aromatic carbocycles. The van der Waals surface area contributed by atoms with Crippen LogP contribution in [0.3, 0.4) is 0 Å². The Balaban J connectivity index is 0.00000117. The maximum atomic E-state index is 14.0. The van der Waals surface area contributed by atoms with Crippen molar-refractivity contribution in [3.8, 4) is 0 Å². The van der Waals surface area contributed by atoms with Crippen molar-refractivity contribution < 1.29 is 8.78 Å². The molecule has 2 aliphatic heterocycles. The molecular weight excluding hydrogens is 462 g/mol. The molecule has 2 saturated carbocycles. The van der Waals surface area contributed by atoms with Crippen molar-refractivity contribution in [3.05, 3.63) is 30.4 Å². The van der Waals surface area contributed by atoms with Crippen LogP contribution in [0.5, 0.6) is 0 Å². The topological polar surface area (TPSA) is 75.0 Å². The molecule has 3 aromatic heterocycles. The van der Waals surface area contributed by atoms with Gasteiger partial charge < -0.3 is 15.1 Å². The van der Waals surface area contributed by atoms with Gasteiger partial charge in [0.1, 0.15) is 5.52 Å². The van der Waals surface area contributed by atoms with Crippen LogP contribution in [-0.4, -0.2) is 68.8 Å². The molecule has 0 radical (unpaired) electrons. The Morgan fingerprint density at radius 3 is 2.50 bits per heavy atom. The van der Waals surface area contributed by atoms with Gasteiger partial charge in [-0.3, -0.25) is 4.68 Å². The van der Waals surface area contributed by atoms with Crippen molar-refractivity contribution in [3.63, 3.8) is 0 Å². The van der Waals surface area contributed by atoms with Gasteiger partial charge in [0.15, 0.2) is 5.82 Å². The summed E-state index contributed by atoms with van der Waals surface area (Å²) in [5.74, 6) is -1.44. The Hall–Kier alpha value is -2.88. The molecule has 1 N–H and O–H groups in total. The zero-order valence-electron chi connectivity index (χ0n) is 21.4. The lowest BCUT2D eigenvalue weighted by molar-refractivity contribution is -0.0786. The number of halogens is 2. The fourth-order valence-electron chi connectivity index (χ4n) is 6.53. The number of nitrogens with zero attached hydrogens (tertiary/aromatic N) is 7. The molecule has 192 valence electrons. The highest BCUT2D eigenvalue weighted by atomic mass is 19.3. The highest BCUT2D eigenvalue weighted by Gasteiger charge is 2.72. The van der Waals surface area contributed by atoms with Crippen molar-refractivity contribution in [2.24, 2.45) is 10.8 Å². The molecule has 0 bridgehead atoms. The Morgan fingerprint density at radius 2 is 1.83 bits per heavy atom. The molecule has 8 nitrogen and oxygen atoms in total. The minimum absolute atomic E-state index is 0.0230. The molecule has 5 heterocycles. The number of likely N-dealkylation sites (tertiary alicyclic amines) is 1. The lowest BCUT2D eigenvalue weighted by atomic mass is 9.61. The summed E-state index contributed by atoms with van der Waals surface area (Å²) in [5.41, 5.74) is 1.97. The summed E-state index contributed by atoms with van der Waals surface area (Å²) in [4.78, 5) is 18.3. The molecule has 4 fully saturated rings. The number of hydrogen-bond donors (Lipinski definition) is 1. The largest absolute Gasteiger partial charge is 0.354 e. The number of nitrogens with one attached hydrogen (secondary N) is 1. The number of fused-ring (bicyclic) bond motifs is 1. The van der Waals surface area contributed by atoms with Gasteiger partial charge >= 0.3 is 0 Å². The van der Waals surface area contributed by atoms with E-state index in [0.29, 0.717) is 48.3 Å². The summed E-state index contributed by atoms with van der Waals surface area (Å²) in [6.07, 6.45) is 8.41. The Bertz CT molecular complexity index is 1290. The number of anilines is 3. The van der Waals surface area contributed by atoms with Crippen molar-refractivity contribution in [2.75, 3.05) is 43.4 Å². The second kappa shape index (κ2) is 8.06. The van der Waals surface area contributed by atoms with Crippen LogP contribution in [0.15, 0.2) is 24.7 Å². The van der Waals surface area contributed by atoms with Gasteiger partial charge in [-0.15, -0.1) is 0 Å². The SMILES string of the molecule is CC.Cc1cc2cnc(Nc3cnn(C4CC5(C4)CN(C)C5)c3)nc2c(N2CCC3(C2)CC3(F)F)n1. The van der Waals surface area contributed by atoms with Crippen molar-refractivity contribution >= 4 is 28.4 Å². The second-order valence-electron chi connectivity index (χ2n) is 11.1. The first kappa shape index (κ1) is 23.5. The summed E-state index contributed by atoms with van der Waals surface area (Å²) >= 11 is 0. The third-order valence-electron chi connectivity index (χ3n) is 8.32. The molecule has 2 aliphatic carbocycles. The Labute approximate surface area is 210 Å². The van der Waals surface area contributed by atoms with Gasteiger partial charge in [0, 0.05) is 56.1 Å². The number of hydrogen-bond acceptors (Lipinski definition) is 7. The molecule has 10 heteroatoms. The van der Waals surface area contributed by atoms with Gasteiger partial charge in [0.2, 0.25) is 5.95 Å². The van der Waals surface area contributed by atoms with Crippen LogP contribution in [-0.2, 0) is 0 Å². The minimum atomic E-state index is -2.56. The summed E-state index contributed by atoms with van der Waals surface area (Å²) in [6.45, 7) is 9.18. The summed E-state index contributed by atoms with van der Waals surface area (Å²) < 4.78 is 30.0. The summed E-state index contributed by atoms with van der Waals surface area (Å²) in [6, 6.07) is 2.38. The third kappa shape index (κ3) is 3.72. The van der Waals surface area contributed by atoms with Crippen LogP contribution in [0.1, 0.15) is 51.3 Å². The van der Waals surface area contributed by atoms with E-state index >= 15 is 0 Å². The Morgan fingerprint density at radius 1 is 1.08 bits per heavy atom. The van der Waals surface area contributed by atoms with E-state index in [1.54, 1.807) is 12.4 Å². The zero-order valence-corrected chi connectivity index (χ0v) is 21.4. The lowest BCUT2D eigenvalue weighted by Crippen LogP contribution is -2.60. The van der Waals surface area contributed by atoms with Gasteiger partial charge in [0.05, 0.1) is 23.3 Å². The second-order valence-corrected chi connectivity index (χ2v) is 11.1. The monoisotopic (exact) mass is 496 g/mol. The zero-order chi connectivity index (χ0) is 25.3. The number of pyridine rings is 1. The first-order chi connectivity index (χ1) is 17.2. The van der Waals surface area contributed by atoms with Crippen LogP contribution < -0.4 is 10.2 Å². The van der Waals surface area contributed by atoms with E-state index in [0.717, 1.165) is 16.8 Å². The molecule has 4 aliphatic rings. The van der Waals surface area contributed by atoms with Crippen molar-refractivity contribution in [1.29, 1.82) is 0 Å². The van der Waals surface area contributed by atoms with E-state index in [2.05, 4.69) is 27.3 Å². The van der Waals surface area contributed by atoms with E-state index in [9.17, 15) is 8.78 Å². The third-order valence-corrected chi connectivity index (χ3v) is 8.32. The van der Waals surface area contributed by atoms with Crippen LogP contribution in [0.4, 0.5) is 26.2 Å². The molecule has 0 amide bonds. The highest BCUT2D eigenvalue weighted by Crippen LogP contribution is 2.65. The molecule has 2 spiro atoms. The number of rotatable bonds is 4. The summed E-state index contributed by atoms with van der Waals surface area (Å²) in [5, 5.41) is 8.69. The van der Waals surface area contributed by atoms with Crippen LogP contribution >= 0.6 is 0 Å².